The van der Waals surface area contributed by atoms with Gasteiger partial charge < -0.3 is 17.6 Å². The summed E-state index contributed by atoms with van der Waals surface area (Å²) < 4.78 is 8.19. The molecule has 0 aliphatic rings. The Bertz CT molecular complexity index is 28.9. The molecular weight excluding hydrogens is 183 g/mol. The molecule has 11 heavy (non-hydrogen) atoms. The molecule has 0 aromatic rings. The third kappa shape index (κ3) is 134. The second kappa shape index (κ2) is 48.1. The molecule has 0 heterocycles. The summed E-state index contributed by atoms with van der Waals surface area (Å²) in [6.07, 6.45) is 1.75. The number of rotatable bonds is 2. The van der Waals surface area contributed by atoms with E-state index in [1.165, 1.54) is 0 Å². The van der Waals surface area contributed by atoms with E-state index in [1.54, 1.807) is 0 Å². The van der Waals surface area contributed by atoms with Gasteiger partial charge in [0.1, 0.15) is 0 Å². The average molecular weight is 202 g/mol. The van der Waals surface area contributed by atoms with Crippen molar-refractivity contribution in [3.05, 3.63) is 7.43 Å². The van der Waals surface area contributed by atoms with Gasteiger partial charge in [-0.25, -0.2) is 0 Å². The van der Waals surface area contributed by atoms with Gasteiger partial charge >= 0.3 is 21.0 Å². The van der Waals surface area contributed by atoms with Crippen LogP contribution < -0.4 is 0 Å². The van der Waals surface area contributed by atoms with Crippen LogP contribution >= 0.6 is 0 Å². The Morgan fingerprint density at radius 1 is 1.00 bits per heavy atom. The van der Waals surface area contributed by atoms with E-state index in [1.807, 2.05) is 13.8 Å². The SMILES string of the molecule is CCCO.CCCO.[CH3-].[O]=[V]. The number of hydrogen-bond donors (Lipinski definition) is 2. The standard InChI is InChI=1S/2C3H8O.CH3.O.V/c2*1-2-3-4;;;/h2*4H,2-3H2,1H3;1H3;;/q;;-1;;. The quantitative estimate of drug-likeness (QED) is 0.659. The van der Waals surface area contributed by atoms with E-state index < -0.39 is 0 Å². The third-order valence-electron chi connectivity index (χ3n) is 0.447. The molecule has 0 unspecified atom stereocenters. The second-order valence-electron chi connectivity index (χ2n) is 1.45. The minimum atomic E-state index is 0. The van der Waals surface area contributed by atoms with Crippen molar-refractivity contribution in [2.45, 2.75) is 26.7 Å². The fraction of sp³-hybridized carbons (Fsp3) is 0.857. The van der Waals surface area contributed by atoms with E-state index >= 15 is 0 Å². The van der Waals surface area contributed by atoms with Crippen LogP contribution in [0, 0.1) is 7.43 Å². The van der Waals surface area contributed by atoms with Gasteiger partial charge in [0, 0.05) is 13.2 Å². The molecular formula is C7H19O3V-. The first-order chi connectivity index (χ1) is 4.83. The van der Waals surface area contributed by atoms with Gasteiger partial charge in [0.05, 0.1) is 0 Å². The zero-order chi connectivity index (χ0) is 8.83. The van der Waals surface area contributed by atoms with E-state index in [0.29, 0.717) is 13.2 Å². The van der Waals surface area contributed by atoms with Gasteiger partial charge in [-0.3, -0.25) is 0 Å². The van der Waals surface area contributed by atoms with Crippen molar-refractivity contribution in [1.82, 2.24) is 0 Å². The Kier molecular flexibility index (Phi) is 98.5. The van der Waals surface area contributed by atoms with E-state index in [4.69, 9.17) is 13.9 Å². The molecule has 0 spiro atoms. The molecule has 0 aromatic heterocycles. The zero-order valence-corrected chi connectivity index (χ0v) is 8.98. The van der Waals surface area contributed by atoms with E-state index in [0.717, 1.165) is 30.2 Å². The fourth-order valence-electron chi connectivity index (χ4n) is 0. The summed E-state index contributed by atoms with van der Waals surface area (Å²) in [6, 6.07) is 0. The Labute approximate surface area is 79.0 Å². The summed E-state index contributed by atoms with van der Waals surface area (Å²) in [6.45, 7) is 4.50. The van der Waals surface area contributed by atoms with E-state index in [2.05, 4.69) is 0 Å². The van der Waals surface area contributed by atoms with Crippen LogP contribution in [0.2, 0.25) is 0 Å². The van der Waals surface area contributed by atoms with Gasteiger partial charge in [0.15, 0.2) is 0 Å². The molecule has 3 nitrogen and oxygen atoms in total. The van der Waals surface area contributed by atoms with Gasteiger partial charge in [-0.15, -0.1) is 0 Å². The zero-order valence-electron chi connectivity index (χ0n) is 7.58. The maximum absolute atomic E-state index is 8.19. The van der Waals surface area contributed by atoms with Gasteiger partial charge in [0.2, 0.25) is 0 Å². The van der Waals surface area contributed by atoms with Crippen molar-refractivity contribution in [3.63, 3.8) is 0 Å². The van der Waals surface area contributed by atoms with Crippen LogP contribution in [0.25, 0.3) is 0 Å². The van der Waals surface area contributed by atoms with Crippen LogP contribution in [0.15, 0.2) is 0 Å². The van der Waals surface area contributed by atoms with E-state index in [9.17, 15) is 0 Å². The molecule has 4 heteroatoms. The van der Waals surface area contributed by atoms with Crippen LogP contribution in [-0.2, 0) is 21.0 Å². The summed E-state index contributed by atoms with van der Waals surface area (Å²) in [4.78, 5) is 0. The Hall–Kier alpha value is 0.304. The number of aliphatic hydroxyl groups excluding tert-OH is 2. The van der Waals surface area contributed by atoms with Crippen LogP contribution in [0.1, 0.15) is 26.7 Å². The first-order valence-electron chi connectivity index (χ1n) is 3.23. The fourth-order valence-corrected chi connectivity index (χ4v) is 0. The summed E-state index contributed by atoms with van der Waals surface area (Å²) in [5.41, 5.74) is 0. The maximum atomic E-state index is 8.19. The normalized spacial score (nSPS) is 5.73. The van der Waals surface area contributed by atoms with Gasteiger partial charge in [0.25, 0.3) is 0 Å². The molecule has 0 fully saturated rings. The predicted molar refractivity (Wildman–Crippen MR) is 41.9 cm³/mol. The van der Waals surface area contributed by atoms with Crippen molar-refractivity contribution in [2.75, 3.05) is 13.2 Å². The van der Waals surface area contributed by atoms with E-state index in [-0.39, 0.29) is 7.43 Å². The van der Waals surface area contributed by atoms with Crippen molar-refractivity contribution >= 4 is 0 Å². The molecule has 0 radical (unpaired) electrons. The molecule has 0 bridgehead atoms. The first-order valence-corrected chi connectivity index (χ1v) is 3.80. The summed E-state index contributed by atoms with van der Waals surface area (Å²) >= 11 is 1.06. The molecule has 0 aliphatic carbocycles. The van der Waals surface area contributed by atoms with Gasteiger partial charge in [-0.05, 0) is 12.8 Å². The minimum absolute atomic E-state index is 0. The summed E-state index contributed by atoms with van der Waals surface area (Å²) in [5, 5.41) is 15.8. The molecule has 0 amide bonds. The molecule has 0 aliphatic heterocycles. The van der Waals surface area contributed by atoms with Crippen molar-refractivity contribution in [2.24, 2.45) is 0 Å². The van der Waals surface area contributed by atoms with Crippen LogP contribution in [-0.4, -0.2) is 23.4 Å². The second-order valence-corrected chi connectivity index (χ2v) is 1.45. The van der Waals surface area contributed by atoms with Crippen molar-refractivity contribution < 1.29 is 31.3 Å². The first kappa shape index (κ1) is 22.5. The molecule has 0 rings (SSSR count). The topological polar surface area (TPSA) is 57.5 Å². The molecule has 0 saturated carbocycles. The molecule has 0 atom stereocenters. The Morgan fingerprint density at radius 2 is 1.09 bits per heavy atom. The summed E-state index contributed by atoms with van der Waals surface area (Å²) in [7, 11) is 0. The average Bonchev–Trinajstić information content (AvgIpc) is 2.08. The van der Waals surface area contributed by atoms with Gasteiger partial charge in [-0.1, -0.05) is 13.8 Å². The molecule has 71 valence electrons. The monoisotopic (exact) mass is 202 g/mol. The van der Waals surface area contributed by atoms with Crippen LogP contribution in [0.3, 0.4) is 0 Å². The molecule has 0 aromatic carbocycles. The van der Waals surface area contributed by atoms with Crippen molar-refractivity contribution in [1.29, 1.82) is 0 Å². The molecule has 0 saturated heterocycles. The molecule has 2 N–H and O–H groups in total. The number of aliphatic hydroxyl groups is 2. The Balaban J connectivity index is -0.0000000339. The van der Waals surface area contributed by atoms with Crippen LogP contribution in [0.4, 0.5) is 0 Å². The summed E-state index contributed by atoms with van der Waals surface area (Å²) in [5.74, 6) is 0. The number of hydrogen-bond acceptors (Lipinski definition) is 3. The third-order valence-corrected chi connectivity index (χ3v) is 0.447. The van der Waals surface area contributed by atoms with Gasteiger partial charge in [-0.2, -0.15) is 0 Å². The predicted octanol–water partition coefficient (Wildman–Crippen LogP) is 1.11. The Morgan fingerprint density at radius 3 is 1.09 bits per heavy atom. The van der Waals surface area contributed by atoms with Crippen molar-refractivity contribution in [3.8, 4) is 0 Å². The van der Waals surface area contributed by atoms with Crippen LogP contribution in [0.5, 0.6) is 0 Å².